The van der Waals surface area contributed by atoms with E-state index in [9.17, 15) is 19.8 Å². The van der Waals surface area contributed by atoms with Crippen LogP contribution in [-0.4, -0.2) is 42.0 Å². The van der Waals surface area contributed by atoms with Gasteiger partial charge in [-0.2, -0.15) is 0 Å². The molecule has 0 spiro atoms. The van der Waals surface area contributed by atoms with Crippen LogP contribution in [0.1, 0.15) is 36.1 Å². The fraction of sp³-hybridized carbons (Fsp3) is 0.391. The standard InChI is InChI=1S/C23H28O8/c1-15(25)29-13-19-9-18(10-20(27)11-24)21(14-30-16(2)26)23(28-3)22(19)31-12-17-7-5-4-6-8-17/h4-9,20,24,27H,10-14H2,1-3H3. The van der Waals surface area contributed by atoms with Crippen LogP contribution < -0.4 is 9.47 Å². The van der Waals surface area contributed by atoms with E-state index in [0.29, 0.717) is 28.2 Å². The molecule has 31 heavy (non-hydrogen) atoms. The van der Waals surface area contributed by atoms with Crippen LogP contribution in [0.3, 0.4) is 0 Å². The molecule has 0 aromatic heterocycles. The average Bonchev–Trinajstić information content (AvgIpc) is 2.75. The van der Waals surface area contributed by atoms with Gasteiger partial charge in [0.25, 0.3) is 0 Å². The Bertz CT molecular complexity index is 879. The maximum Gasteiger partial charge on any atom is 0.302 e. The molecule has 1 unspecified atom stereocenters. The summed E-state index contributed by atoms with van der Waals surface area (Å²) in [5.41, 5.74) is 2.52. The van der Waals surface area contributed by atoms with E-state index in [-0.39, 0.29) is 26.2 Å². The quantitative estimate of drug-likeness (QED) is 0.521. The van der Waals surface area contributed by atoms with Crippen molar-refractivity contribution in [3.05, 3.63) is 58.7 Å². The highest BCUT2D eigenvalue weighted by Crippen LogP contribution is 2.39. The lowest BCUT2D eigenvalue weighted by Crippen LogP contribution is -2.18. The van der Waals surface area contributed by atoms with Gasteiger partial charge in [-0.05, 0) is 17.2 Å². The summed E-state index contributed by atoms with van der Waals surface area (Å²) in [6, 6.07) is 11.2. The first kappa shape index (κ1) is 24.2. The number of rotatable bonds is 11. The summed E-state index contributed by atoms with van der Waals surface area (Å²) in [4.78, 5) is 22.8. The van der Waals surface area contributed by atoms with Crippen LogP contribution in [0.25, 0.3) is 0 Å². The molecular weight excluding hydrogens is 404 g/mol. The Labute approximate surface area is 181 Å². The van der Waals surface area contributed by atoms with Crippen molar-refractivity contribution in [1.82, 2.24) is 0 Å². The minimum absolute atomic E-state index is 0.0775. The first-order chi connectivity index (χ1) is 14.8. The number of aliphatic hydroxyl groups excluding tert-OH is 2. The summed E-state index contributed by atoms with van der Waals surface area (Å²) in [6.07, 6.45) is -0.950. The molecular formula is C23H28O8. The number of aliphatic hydroxyl groups is 2. The van der Waals surface area contributed by atoms with Gasteiger partial charge in [0.15, 0.2) is 11.5 Å². The van der Waals surface area contributed by atoms with Crippen molar-refractivity contribution in [3.63, 3.8) is 0 Å². The van der Waals surface area contributed by atoms with Gasteiger partial charge in [0.2, 0.25) is 0 Å². The van der Waals surface area contributed by atoms with E-state index >= 15 is 0 Å². The molecule has 0 fully saturated rings. The SMILES string of the molecule is COc1c(COC(C)=O)c(CC(O)CO)cc(COC(C)=O)c1OCc1ccccc1. The Kier molecular flexibility index (Phi) is 9.30. The lowest BCUT2D eigenvalue weighted by atomic mass is 9.97. The maximum atomic E-state index is 11.4. The largest absolute Gasteiger partial charge is 0.492 e. The second-order valence-corrected chi connectivity index (χ2v) is 6.91. The van der Waals surface area contributed by atoms with E-state index in [1.54, 1.807) is 6.07 Å². The number of hydrogen-bond acceptors (Lipinski definition) is 8. The lowest BCUT2D eigenvalue weighted by Gasteiger charge is -2.22. The zero-order valence-corrected chi connectivity index (χ0v) is 17.9. The fourth-order valence-corrected chi connectivity index (χ4v) is 3.01. The van der Waals surface area contributed by atoms with Crippen molar-refractivity contribution in [3.8, 4) is 11.5 Å². The van der Waals surface area contributed by atoms with Gasteiger partial charge in [0.1, 0.15) is 19.8 Å². The molecule has 0 aliphatic heterocycles. The van der Waals surface area contributed by atoms with Crippen LogP contribution in [0.15, 0.2) is 36.4 Å². The second-order valence-electron chi connectivity index (χ2n) is 6.91. The van der Waals surface area contributed by atoms with Crippen molar-refractivity contribution in [2.24, 2.45) is 0 Å². The van der Waals surface area contributed by atoms with Gasteiger partial charge < -0.3 is 29.2 Å². The third kappa shape index (κ3) is 7.27. The zero-order valence-electron chi connectivity index (χ0n) is 17.9. The van der Waals surface area contributed by atoms with Crippen LogP contribution in [0, 0.1) is 0 Å². The molecule has 2 aromatic rings. The first-order valence-corrected chi connectivity index (χ1v) is 9.79. The monoisotopic (exact) mass is 432 g/mol. The van der Waals surface area contributed by atoms with E-state index in [0.717, 1.165) is 5.56 Å². The van der Waals surface area contributed by atoms with Gasteiger partial charge in [0.05, 0.1) is 19.8 Å². The highest BCUT2D eigenvalue weighted by molar-refractivity contribution is 5.67. The highest BCUT2D eigenvalue weighted by atomic mass is 16.5. The molecule has 0 heterocycles. The van der Waals surface area contributed by atoms with Gasteiger partial charge >= 0.3 is 11.9 Å². The van der Waals surface area contributed by atoms with Crippen LogP contribution in [0.5, 0.6) is 11.5 Å². The van der Waals surface area contributed by atoms with Crippen molar-refractivity contribution in [1.29, 1.82) is 0 Å². The van der Waals surface area contributed by atoms with Crippen molar-refractivity contribution in [2.45, 2.75) is 46.2 Å². The summed E-state index contributed by atoms with van der Waals surface area (Å²) >= 11 is 0. The average molecular weight is 432 g/mol. The number of methoxy groups -OCH3 is 1. The molecule has 168 valence electrons. The van der Waals surface area contributed by atoms with Gasteiger partial charge in [-0.15, -0.1) is 0 Å². The van der Waals surface area contributed by atoms with E-state index in [2.05, 4.69) is 0 Å². The molecule has 2 rings (SSSR count). The summed E-state index contributed by atoms with van der Waals surface area (Å²) in [7, 11) is 1.45. The van der Waals surface area contributed by atoms with Crippen LogP contribution in [0.2, 0.25) is 0 Å². The van der Waals surface area contributed by atoms with Gasteiger partial charge in [-0.1, -0.05) is 30.3 Å². The minimum Gasteiger partial charge on any atom is -0.492 e. The van der Waals surface area contributed by atoms with Crippen molar-refractivity contribution >= 4 is 11.9 Å². The number of carbonyl (C=O) groups is 2. The number of hydrogen-bond donors (Lipinski definition) is 2. The molecule has 0 bridgehead atoms. The second kappa shape index (κ2) is 11.9. The molecule has 0 saturated carbocycles. The maximum absolute atomic E-state index is 11.4. The number of benzene rings is 2. The molecule has 0 radical (unpaired) electrons. The normalized spacial score (nSPS) is 11.5. The van der Waals surface area contributed by atoms with E-state index in [1.165, 1.54) is 21.0 Å². The van der Waals surface area contributed by atoms with Crippen LogP contribution in [-0.2, 0) is 45.3 Å². The predicted octanol–water partition coefficient (Wildman–Crippen LogP) is 2.30. The Morgan fingerprint density at radius 3 is 2.16 bits per heavy atom. The van der Waals surface area contributed by atoms with E-state index < -0.39 is 24.6 Å². The van der Waals surface area contributed by atoms with E-state index in [4.69, 9.17) is 18.9 Å². The van der Waals surface area contributed by atoms with Gasteiger partial charge in [-0.25, -0.2) is 0 Å². The molecule has 0 aliphatic rings. The fourth-order valence-electron chi connectivity index (χ4n) is 3.01. The first-order valence-electron chi connectivity index (χ1n) is 9.79. The Morgan fingerprint density at radius 2 is 1.58 bits per heavy atom. The Morgan fingerprint density at radius 1 is 0.935 bits per heavy atom. The van der Waals surface area contributed by atoms with Gasteiger partial charge in [-0.3, -0.25) is 9.59 Å². The summed E-state index contributed by atoms with van der Waals surface area (Å²) < 4.78 is 22.0. The Balaban J connectivity index is 2.53. The molecule has 2 aromatic carbocycles. The summed E-state index contributed by atoms with van der Waals surface area (Å²) in [6.45, 7) is 2.19. The third-order valence-corrected chi connectivity index (χ3v) is 4.46. The van der Waals surface area contributed by atoms with E-state index in [1.807, 2.05) is 30.3 Å². The third-order valence-electron chi connectivity index (χ3n) is 4.46. The molecule has 0 aliphatic carbocycles. The highest BCUT2D eigenvalue weighted by Gasteiger charge is 2.23. The topological polar surface area (TPSA) is 112 Å². The molecule has 2 N–H and O–H groups in total. The number of carbonyl (C=O) groups excluding carboxylic acids is 2. The summed E-state index contributed by atoms with van der Waals surface area (Å²) in [5, 5.41) is 19.3. The smallest absolute Gasteiger partial charge is 0.302 e. The van der Waals surface area contributed by atoms with Crippen molar-refractivity contribution in [2.75, 3.05) is 13.7 Å². The van der Waals surface area contributed by atoms with Gasteiger partial charge in [0, 0.05) is 31.4 Å². The van der Waals surface area contributed by atoms with Crippen LogP contribution in [0.4, 0.5) is 0 Å². The molecule has 0 amide bonds. The zero-order chi connectivity index (χ0) is 22.8. The van der Waals surface area contributed by atoms with Crippen molar-refractivity contribution < 1.29 is 38.7 Å². The molecule has 8 nitrogen and oxygen atoms in total. The Hall–Kier alpha value is -3.10. The number of esters is 2. The number of ether oxygens (including phenoxy) is 4. The van der Waals surface area contributed by atoms with Crippen LogP contribution >= 0.6 is 0 Å². The molecule has 8 heteroatoms. The predicted molar refractivity (Wildman–Crippen MR) is 112 cm³/mol. The molecule has 1 atom stereocenters. The minimum atomic E-state index is -1.03. The summed E-state index contributed by atoms with van der Waals surface area (Å²) in [5.74, 6) is -0.292. The molecule has 0 saturated heterocycles. The lowest BCUT2D eigenvalue weighted by molar-refractivity contribution is -0.143.